The first kappa shape index (κ1) is 13.2. The van der Waals surface area contributed by atoms with E-state index in [0.717, 1.165) is 5.56 Å². The van der Waals surface area contributed by atoms with Crippen LogP contribution in [0.15, 0.2) is 30.3 Å². The van der Waals surface area contributed by atoms with Crippen molar-refractivity contribution in [2.45, 2.75) is 19.4 Å². The normalized spacial score (nSPS) is 11.3. The monoisotopic (exact) mass is 259 g/mol. The Morgan fingerprint density at radius 1 is 1.16 bits per heavy atom. The molecule has 0 unspecified atom stereocenters. The van der Waals surface area contributed by atoms with E-state index in [9.17, 15) is 5.11 Å². The van der Waals surface area contributed by atoms with Crippen LogP contribution in [0.1, 0.15) is 13.8 Å². The first-order valence-electron chi connectivity index (χ1n) is 5.97. The van der Waals surface area contributed by atoms with E-state index in [-0.39, 0.29) is 5.95 Å². The number of hydrogen-bond donors (Lipinski definition) is 3. The number of nitrogens with zero attached hydrogens (tertiary/aromatic N) is 3. The van der Waals surface area contributed by atoms with Gasteiger partial charge in [-0.1, -0.05) is 30.3 Å². The summed E-state index contributed by atoms with van der Waals surface area (Å²) in [5.41, 5.74) is 5.68. The second kappa shape index (κ2) is 5.19. The predicted octanol–water partition coefficient (Wildman–Crippen LogP) is 1.30. The summed E-state index contributed by atoms with van der Waals surface area (Å²) in [4.78, 5) is 12.4. The van der Waals surface area contributed by atoms with Crippen molar-refractivity contribution >= 4 is 11.9 Å². The maximum atomic E-state index is 9.67. The van der Waals surface area contributed by atoms with E-state index in [2.05, 4.69) is 20.3 Å². The van der Waals surface area contributed by atoms with Crippen LogP contribution in [-0.2, 0) is 0 Å². The Bertz CT molecular complexity index is 551. The lowest BCUT2D eigenvalue weighted by atomic mass is 10.1. The van der Waals surface area contributed by atoms with Gasteiger partial charge < -0.3 is 16.2 Å². The van der Waals surface area contributed by atoms with Crippen molar-refractivity contribution in [2.75, 3.05) is 17.6 Å². The second-order valence-electron chi connectivity index (χ2n) is 4.87. The molecule has 0 bridgehead atoms. The summed E-state index contributed by atoms with van der Waals surface area (Å²) in [5, 5.41) is 12.6. The number of nitrogen functional groups attached to an aromatic ring is 1. The Balaban J connectivity index is 2.25. The maximum absolute atomic E-state index is 9.67. The van der Waals surface area contributed by atoms with Crippen LogP contribution in [0.5, 0.6) is 0 Å². The molecule has 0 amide bonds. The van der Waals surface area contributed by atoms with E-state index < -0.39 is 5.60 Å². The number of benzene rings is 1. The molecule has 0 spiro atoms. The van der Waals surface area contributed by atoms with Crippen molar-refractivity contribution in [1.82, 2.24) is 15.0 Å². The van der Waals surface area contributed by atoms with Gasteiger partial charge in [-0.2, -0.15) is 15.0 Å². The molecule has 0 aliphatic heterocycles. The minimum absolute atomic E-state index is 0.145. The van der Waals surface area contributed by atoms with E-state index in [4.69, 9.17) is 5.73 Å². The lowest BCUT2D eigenvalue weighted by Gasteiger charge is -2.17. The molecule has 0 radical (unpaired) electrons. The van der Waals surface area contributed by atoms with Crippen LogP contribution < -0.4 is 11.1 Å². The molecule has 0 saturated carbocycles. The molecule has 0 aliphatic carbocycles. The average molecular weight is 259 g/mol. The molecule has 2 rings (SSSR count). The van der Waals surface area contributed by atoms with Gasteiger partial charge in [0.15, 0.2) is 5.82 Å². The van der Waals surface area contributed by atoms with E-state index in [1.165, 1.54) is 0 Å². The van der Waals surface area contributed by atoms with Crippen molar-refractivity contribution in [1.29, 1.82) is 0 Å². The third kappa shape index (κ3) is 3.89. The highest BCUT2D eigenvalue weighted by Gasteiger charge is 2.13. The molecule has 19 heavy (non-hydrogen) atoms. The van der Waals surface area contributed by atoms with Crippen LogP contribution in [0.3, 0.4) is 0 Å². The summed E-state index contributed by atoms with van der Waals surface area (Å²) in [6.45, 7) is 3.72. The average Bonchev–Trinajstić information content (AvgIpc) is 2.36. The number of aromatic nitrogens is 3. The summed E-state index contributed by atoms with van der Waals surface area (Å²) < 4.78 is 0. The quantitative estimate of drug-likeness (QED) is 0.765. The molecule has 6 heteroatoms. The van der Waals surface area contributed by atoms with Crippen LogP contribution >= 0.6 is 0 Å². The van der Waals surface area contributed by atoms with Crippen LogP contribution in [0, 0.1) is 0 Å². The zero-order chi connectivity index (χ0) is 13.9. The van der Waals surface area contributed by atoms with Gasteiger partial charge in [0, 0.05) is 12.1 Å². The van der Waals surface area contributed by atoms with Gasteiger partial charge in [-0.25, -0.2) is 0 Å². The largest absolute Gasteiger partial charge is 0.389 e. The van der Waals surface area contributed by atoms with Crippen molar-refractivity contribution in [3.63, 3.8) is 0 Å². The molecule has 1 aromatic heterocycles. The number of nitrogens with two attached hydrogens (primary N) is 1. The zero-order valence-corrected chi connectivity index (χ0v) is 11.0. The summed E-state index contributed by atoms with van der Waals surface area (Å²) in [7, 11) is 0. The lowest BCUT2D eigenvalue weighted by Crippen LogP contribution is -2.30. The van der Waals surface area contributed by atoms with Crippen molar-refractivity contribution in [2.24, 2.45) is 0 Å². The van der Waals surface area contributed by atoms with Gasteiger partial charge in [-0.3, -0.25) is 0 Å². The Morgan fingerprint density at radius 3 is 2.47 bits per heavy atom. The van der Waals surface area contributed by atoms with Crippen molar-refractivity contribution < 1.29 is 5.11 Å². The summed E-state index contributed by atoms with van der Waals surface area (Å²) in [6.07, 6.45) is 0. The van der Waals surface area contributed by atoms with Crippen LogP contribution in [0.25, 0.3) is 11.4 Å². The third-order valence-electron chi connectivity index (χ3n) is 2.36. The smallest absolute Gasteiger partial charge is 0.228 e. The van der Waals surface area contributed by atoms with Gasteiger partial charge >= 0.3 is 0 Å². The third-order valence-corrected chi connectivity index (χ3v) is 2.36. The van der Waals surface area contributed by atoms with E-state index >= 15 is 0 Å². The molecule has 100 valence electrons. The maximum Gasteiger partial charge on any atom is 0.228 e. The van der Waals surface area contributed by atoms with Crippen LogP contribution in [0.2, 0.25) is 0 Å². The molecule has 4 N–H and O–H groups in total. The van der Waals surface area contributed by atoms with E-state index in [1.54, 1.807) is 13.8 Å². The molecule has 1 heterocycles. The van der Waals surface area contributed by atoms with Crippen LogP contribution in [-0.4, -0.2) is 32.2 Å². The number of nitrogens with one attached hydrogen (secondary N) is 1. The molecular formula is C13H17N5O. The highest BCUT2D eigenvalue weighted by Crippen LogP contribution is 2.16. The summed E-state index contributed by atoms with van der Waals surface area (Å²) >= 11 is 0. The van der Waals surface area contributed by atoms with Gasteiger partial charge in [0.25, 0.3) is 0 Å². The summed E-state index contributed by atoms with van der Waals surface area (Å²) in [5.74, 6) is 1.01. The molecular weight excluding hydrogens is 242 g/mol. The minimum Gasteiger partial charge on any atom is -0.389 e. The lowest BCUT2D eigenvalue weighted by molar-refractivity contribution is 0.0943. The van der Waals surface area contributed by atoms with Gasteiger partial charge in [0.2, 0.25) is 11.9 Å². The molecule has 6 nitrogen and oxygen atoms in total. The Kier molecular flexibility index (Phi) is 3.62. The van der Waals surface area contributed by atoms with Gasteiger partial charge in [-0.15, -0.1) is 0 Å². The van der Waals surface area contributed by atoms with Gasteiger partial charge in [-0.05, 0) is 13.8 Å². The molecule has 0 saturated heterocycles. The first-order valence-corrected chi connectivity index (χ1v) is 5.97. The molecule has 0 aliphatic rings. The topological polar surface area (TPSA) is 97.0 Å². The van der Waals surface area contributed by atoms with Gasteiger partial charge in [0.05, 0.1) is 5.60 Å². The number of aliphatic hydroxyl groups is 1. The SMILES string of the molecule is CC(C)(O)CNc1nc(N)nc(-c2ccccc2)n1. The minimum atomic E-state index is -0.853. The second-order valence-corrected chi connectivity index (χ2v) is 4.87. The van der Waals surface area contributed by atoms with Crippen molar-refractivity contribution in [3.8, 4) is 11.4 Å². The molecule has 0 fully saturated rings. The Labute approximate surface area is 111 Å². The standard InChI is InChI=1S/C13H17N5O/c1-13(2,19)8-15-12-17-10(16-11(14)18-12)9-6-4-3-5-7-9/h3-7,19H,8H2,1-2H3,(H3,14,15,16,17,18). The number of anilines is 2. The highest BCUT2D eigenvalue weighted by molar-refractivity contribution is 5.57. The van der Waals surface area contributed by atoms with E-state index in [0.29, 0.717) is 18.3 Å². The fourth-order valence-corrected chi connectivity index (χ4v) is 1.48. The van der Waals surface area contributed by atoms with E-state index in [1.807, 2.05) is 30.3 Å². The molecule has 1 aromatic carbocycles. The number of rotatable bonds is 4. The molecule has 2 aromatic rings. The first-order chi connectivity index (χ1) is 8.94. The van der Waals surface area contributed by atoms with Crippen LogP contribution in [0.4, 0.5) is 11.9 Å². The van der Waals surface area contributed by atoms with Crippen molar-refractivity contribution in [3.05, 3.63) is 30.3 Å². The Hall–Kier alpha value is -2.21. The highest BCUT2D eigenvalue weighted by atomic mass is 16.3. The number of hydrogen-bond acceptors (Lipinski definition) is 6. The van der Waals surface area contributed by atoms with Gasteiger partial charge in [0.1, 0.15) is 0 Å². The zero-order valence-electron chi connectivity index (χ0n) is 11.0. The molecule has 0 atom stereocenters. The fourth-order valence-electron chi connectivity index (χ4n) is 1.48. The fraction of sp³-hybridized carbons (Fsp3) is 0.308. The Morgan fingerprint density at radius 2 is 1.84 bits per heavy atom. The summed E-state index contributed by atoms with van der Waals surface area (Å²) in [6, 6.07) is 9.52. The predicted molar refractivity (Wildman–Crippen MR) is 74.5 cm³/mol.